The number of anilines is 1. The lowest BCUT2D eigenvalue weighted by Gasteiger charge is -2.58. The zero-order valence-electron chi connectivity index (χ0n) is 22.5. The van der Waals surface area contributed by atoms with Crippen LogP contribution in [-0.4, -0.2) is 40.0 Å². The van der Waals surface area contributed by atoms with Gasteiger partial charge < -0.3 is 10.0 Å². The number of nitro benzene ring substituents is 1. The topological polar surface area (TPSA) is 106 Å². The minimum absolute atomic E-state index is 0.0739. The van der Waals surface area contributed by atoms with Gasteiger partial charge in [-0.3, -0.25) is 10.1 Å². The van der Waals surface area contributed by atoms with Crippen molar-refractivity contribution in [2.45, 2.75) is 78.2 Å². The van der Waals surface area contributed by atoms with Gasteiger partial charge in [0.1, 0.15) is 0 Å². The number of aliphatic hydroxyl groups is 1. The molecule has 0 bridgehead atoms. The van der Waals surface area contributed by atoms with Gasteiger partial charge in [0.2, 0.25) is 5.52 Å². The summed E-state index contributed by atoms with van der Waals surface area (Å²) in [5.74, 6) is 3.40. The molecule has 1 N–H and O–H groups in total. The molecule has 3 fully saturated rings. The maximum absolute atomic E-state index is 11.4. The van der Waals surface area contributed by atoms with Crippen LogP contribution in [-0.2, 0) is 0 Å². The smallest absolute Gasteiger partial charge is 0.300 e. The van der Waals surface area contributed by atoms with Crippen molar-refractivity contribution in [2.75, 3.05) is 18.5 Å². The standard InChI is InChI=1S/C29H40N4O4/c1-17(16-32(4)24-9-10-25(33(35)36)27-26(24)30-37-31-27)21-7-8-22-20-6-5-18-15-19(34)11-13-28(18,2)23(20)12-14-29(21,22)3/h5,9-10,17,19-23,34H,6-8,11-16H2,1-4H3/t17-,19+,20+,21-,22+,23+,28+,29-/m1/s1. The van der Waals surface area contributed by atoms with Crippen molar-refractivity contribution in [1.29, 1.82) is 0 Å². The zero-order chi connectivity index (χ0) is 26.1. The second kappa shape index (κ2) is 8.79. The summed E-state index contributed by atoms with van der Waals surface area (Å²) in [6.45, 7) is 8.31. The molecule has 200 valence electrons. The van der Waals surface area contributed by atoms with Crippen molar-refractivity contribution in [3.63, 3.8) is 0 Å². The van der Waals surface area contributed by atoms with E-state index in [0.29, 0.717) is 22.8 Å². The number of hydrogen-bond donors (Lipinski definition) is 1. The second-order valence-corrected chi connectivity index (χ2v) is 13.1. The number of fused-ring (bicyclic) bond motifs is 6. The van der Waals surface area contributed by atoms with Gasteiger partial charge in [-0.25, -0.2) is 4.63 Å². The van der Waals surface area contributed by atoms with E-state index in [0.717, 1.165) is 49.2 Å². The fraction of sp³-hybridized carbons (Fsp3) is 0.724. The molecule has 0 amide bonds. The SMILES string of the molecule is C[C@H](CN(C)c1ccc([N+](=O)[O-])c2nonc12)[C@H]1CC[C@H]2[C@@H]3CC=C4C[C@@H](O)CC[C@]4(C)[C@H]3CC[C@]12C. The first kappa shape index (κ1) is 24.8. The number of aromatic nitrogens is 2. The Morgan fingerprint density at radius 3 is 2.73 bits per heavy atom. The molecular weight excluding hydrogens is 468 g/mol. The van der Waals surface area contributed by atoms with Crippen LogP contribution in [0.25, 0.3) is 11.0 Å². The fourth-order valence-electron chi connectivity index (χ4n) is 9.57. The Morgan fingerprint density at radius 2 is 1.95 bits per heavy atom. The molecule has 6 rings (SSSR count). The third-order valence-electron chi connectivity index (χ3n) is 11.4. The molecule has 37 heavy (non-hydrogen) atoms. The van der Waals surface area contributed by atoms with E-state index in [1.165, 1.54) is 43.7 Å². The molecule has 4 aliphatic rings. The average Bonchev–Trinajstić information content (AvgIpc) is 3.48. The van der Waals surface area contributed by atoms with Gasteiger partial charge >= 0.3 is 5.69 Å². The first-order chi connectivity index (χ1) is 17.6. The fourth-order valence-corrected chi connectivity index (χ4v) is 9.57. The van der Waals surface area contributed by atoms with E-state index in [-0.39, 0.29) is 22.7 Å². The molecule has 0 saturated heterocycles. The molecule has 2 aromatic rings. The Labute approximate surface area is 218 Å². The van der Waals surface area contributed by atoms with E-state index in [4.69, 9.17) is 4.63 Å². The quantitative estimate of drug-likeness (QED) is 0.294. The van der Waals surface area contributed by atoms with Crippen LogP contribution in [0.3, 0.4) is 0 Å². The highest BCUT2D eigenvalue weighted by atomic mass is 16.6. The van der Waals surface area contributed by atoms with Crippen molar-refractivity contribution in [1.82, 2.24) is 10.3 Å². The van der Waals surface area contributed by atoms with E-state index in [1.807, 2.05) is 7.05 Å². The minimum Gasteiger partial charge on any atom is -0.393 e. The summed E-state index contributed by atoms with van der Waals surface area (Å²) in [7, 11) is 2.04. The lowest BCUT2D eigenvalue weighted by molar-refractivity contribution is -0.383. The van der Waals surface area contributed by atoms with Crippen LogP contribution in [0.15, 0.2) is 28.4 Å². The van der Waals surface area contributed by atoms with Gasteiger partial charge in [-0.05, 0) is 108 Å². The van der Waals surface area contributed by atoms with Gasteiger partial charge in [-0.2, -0.15) is 0 Å². The molecular formula is C29H40N4O4. The van der Waals surface area contributed by atoms with E-state index in [1.54, 1.807) is 6.07 Å². The molecule has 8 atom stereocenters. The molecule has 0 spiro atoms. The number of nitrogens with zero attached hydrogens (tertiary/aromatic N) is 4. The second-order valence-electron chi connectivity index (χ2n) is 13.1. The Balaban J connectivity index is 1.21. The summed E-state index contributed by atoms with van der Waals surface area (Å²) in [6, 6.07) is 3.28. The Kier molecular flexibility index (Phi) is 5.90. The van der Waals surface area contributed by atoms with Crippen molar-refractivity contribution >= 4 is 22.4 Å². The predicted octanol–water partition coefficient (Wildman–Crippen LogP) is 6.14. The largest absolute Gasteiger partial charge is 0.393 e. The van der Waals surface area contributed by atoms with Gasteiger partial charge in [0, 0.05) is 19.7 Å². The number of benzene rings is 1. The molecule has 8 heteroatoms. The summed E-state index contributed by atoms with van der Waals surface area (Å²) < 4.78 is 4.89. The minimum atomic E-state index is -0.436. The number of rotatable bonds is 5. The summed E-state index contributed by atoms with van der Waals surface area (Å²) in [6.07, 6.45) is 11.7. The van der Waals surface area contributed by atoms with Crippen LogP contribution >= 0.6 is 0 Å². The van der Waals surface area contributed by atoms with E-state index in [9.17, 15) is 15.2 Å². The van der Waals surface area contributed by atoms with Gasteiger partial charge in [-0.15, -0.1) is 0 Å². The van der Waals surface area contributed by atoms with Crippen LogP contribution < -0.4 is 4.90 Å². The molecule has 4 aliphatic carbocycles. The molecule has 1 heterocycles. The molecule has 3 saturated carbocycles. The van der Waals surface area contributed by atoms with E-state index in [2.05, 4.69) is 42.1 Å². The lowest BCUT2D eigenvalue weighted by Crippen LogP contribution is -2.51. The molecule has 8 nitrogen and oxygen atoms in total. The van der Waals surface area contributed by atoms with E-state index >= 15 is 0 Å². The number of nitro groups is 1. The monoisotopic (exact) mass is 508 g/mol. The van der Waals surface area contributed by atoms with Gasteiger partial charge in [0.15, 0.2) is 5.52 Å². The third kappa shape index (κ3) is 3.73. The molecule has 1 aromatic carbocycles. The third-order valence-corrected chi connectivity index (χ3v) is 11.4. The maximum atomic E-state index is 11.4. The molecule has 0 aliphatic heterocycles. The van der Waals surface area contributed by atoms with Gasteiger partial charge in [-0.1, -0.05) is 32.4 Å². The Morgan fingerprint density at radius 1 is 1.16 bits per heavy atom. The first-order valence-corrected chi connectivity index (χ1v) is 14.1. The van der Waals surface area contributed by atoms with Crippen LogP contribution in [0.5, 0.6) is 0 Å². The molecule has 0 unspecified atom stereocenters. The highest BCUT2D eigenvalue weighted by Gasteiger charge is 2.59. The number of aliphatic hydroxyl groups excluding tert-OH is 1. The van der Waals surface area contributed by atoms with Crippen molar-refractivity contribution < 1.29 is 14.7 Å². The maximum Gasteiger partial charge on any atom is 0.300 e. The number of allylic oxidation sites excluding steroid dienone is 1. The normalized spacial score (nSPS) is 37.9. The van der Waals surface area contributed by atoms with Crippen LogP contribution in [0.4, 0.5) is 11.4 Å². The van der Waals surface area contributed by atoms with Gasteiger partial charge in [0.25, 0.3) is 0 Å². The Bertz CT molecular complexity index is 1240. The van der Waals surface area contributed by atoms with Crippen molar-refractivity contribution in [2.24, 2.45) is 40.4 Å². The summed E-state index contributed by atoms with van der Waals surface area (Å²) in [4.78, 5) is 13.1. The summed E-state index contributed by atoms with van der Waals surface area (Å²) in [5.41, 5.74) is 3.58. The lowest BCUT2D eigenvalue weighted by atomic mass is 9.47. The zero-order valence-corrected chi connectivity index (χ0v) is 22.5. The number of non-ortho nitro benzene ring substituents is 1. The summed E-state index contributed by atoms with van der Waals surface area (Å²) in [5, 5.41) is 29.5. The Hall–Kier alpha value is -2.48. The van der Waals surface area contributed by atoms with Crippen molar-refractivity contribution in [3.05, 3.63) is 33.9 Å². The average molecular weight is 509 g/mol. The van der Waals surface area contributed by atoms with Crippen LogP contribution in [0.1, 0.15) is 72.1 Å². The van der Waals surface area contributed by atoms with Crippen molar-refractivity contribution in [3.8, 4) is 0 Å². The highest BCUT2D eigenvalue weighted by Crippen LogP contribution is 2.67. The van der Waals surface area contributed by atoms with Crippen LogP contribution in [0, 0.1) is 50.5 Å². The predicted molar refractivity (Wildman–Crippen MR) is 142 cm³/mol. The number of hydrogen-bond acceptors (Lipinski definition) is 7. The van der Waals surface area contributed by atoms with Crippen LogP contribution in [0.2, 0.25) is 0 Å². The summed E-state index contributed by atoms with van der Waals surface area (Å²) >= 11 is 0. The highest BCUT2D eigenvalue weighted by molar-refractivity contribution is 5.93. The molecule has 1 aromatic heterocycles. The first-order valence-electron chi connectivity index (χ1n) is 14.1. The molecule has 0 radical (unpaired) electrons. The van der Waals surface area contributed by atoms with Gasteiger partial charge in [0.05, 0.1) is 16.7 Å². The van der Waals surface area contributed by atoms with E-state index < -0.39 is 4.92 Å².